The van der Waals surface area contributed by atoms with Gasteiger partial charge in [-0.2, -0.15) is 13.2 Å². The molecule has 0 aliphatic rings. The predicted octanol–water partition coefficient (Wildman–Crippen LogP) is 6.39. The van der Waals surface area contributed by atoms with Gasteiger partial charge < -0.3 is 15.0 Å². The molecule has 2 heterocycles. The number of anilines is 2. The van der Waals surface area contributed by atoms with Crippen molar-refractivity contribution in [1.82, 2.24) is 15.0 Å². The van der Waals surface area contributed by atoms with Crippen LogP contribution in [-0.4, -0.2) is 27.5 Å². The zero-order valence-corrected chi connectivity index (χ0v) is 18.4. The van der Waals surface area contributed by atoms with Crippen molar-refractivity contribution in [2.45, 2.75) is 20.0 Å². The molecule has 2 N–H and O–H groups in total. The number of H-pyrrole nitrogens is 1. The van der Waals surface area contributed by atoms with Crippen LogP contribution in [0, 0.1) is 6.92 Å². The Hall–Kier alpha value is -4.14. The number of aromatic amines is 1. The molecule has 0 spiro atoms. The van der Waals surface area contributed by atoms with Crippen molar-refractivity contribution in [3.8, 4) is 22.4 Å². The van der Waals surface area contributed by atoms with Crippen LogP contribution in [-0.2, 0) is 10.9 Å². The van der Waals surface area contributed by atoms with Gasteiger partial charge in [-0.1, -0.05) is 30.3 Å². The Morgan fingerprint density at radius 1 is 1.03 bits per heavy atom. The topological polar surface area (TPSA) is 79.9 Å². The van der Waals surface area contributed by atoms with E-state index < -0.39 is 17.7 Å². The first kappa shape index (κ1) is 23.0. The van der Waals surface area contributed by atoms with Gasteiger partial charge in [0.1, 0.15) is 5.69 Å². The standard InChI is InChI=1S/C25H21F3N4O2/c1-3-34-23(33)22-21(16-7-5-4-6-8-16)20(15(2)30-22)19-13-14-29-24(32-19)31-18-11-9-17(10-12-18)25(26,27)28/h4-14,30H,3H2,1-2H3,(H,29,31,32). The molecule has 4 rings (SSSR count). The average Bonchev–Trinajstić information content (AvgIpc) is 3.17. The fourth-order valence-corrected chi connectivity index (χ4v) is 3.62. The molecule has 0 saturated heterocycles. The number of aromatic nitrogens is 3. The maximum Gasteiger partial charge on any atom is 0.416 e. The Labute approximate surface area is 193 Å². The Balaban J connectivity index is 1.74. The van der Waals surface area contributed by atoms with E-state index in [0.29, 0.717) is 33.9 Å². The maximum atomic E-state index is 12.8. The fraction of sp³-hybridized carbons (Fsp3) is 0.160. The van der Waals surface area contributed by atoms with Gasteiger partial charge in [0.2, 0.25) is 5.95 Å². The van der Waals surface area contributed by atoms with E-state index >= 15 is 0 Å². The monoisotopic (exact) mass is 466 g/mol. The Morgan fingerprint density at radius 2 is 1.74 bits per heavy atom. The Morgan fingerprint density at radius 3 is 2.38 bits per heavy atom. The number of aryl methyl sites for hydroxylation is 1. The Kier molecular flexibility index (Phi) is 6.36. The van der Waals surface area contributed by atoms with E-state index in [2.05, 4.69) is 20.3 Å². The van der Waals surface area contributed by atoms with E-state index in [4.69, 9.17) is 4.74 Å². The molecule has 4 aromatic rings. The number of hydrogen-bond donors (Lipinski definition) is 2. The first-order valence-corrected chi connectivity index (χ1v) is 10.5. The Bertz CT molecular complexity index is 1300. The molecule has 9 heteroatoms. The van der Waals surface area contributed by atoms with Crippen LogP contribution in [0.2, 0.25) is 0 Å². The van der Waals surface area contributed by atoms with Crippen LogP contribution >= 0.6 is 0 Å². The number of benzene rings is 2. The van der Waals surface area contributed by atoms with Gasteiger partial charge in [0, 0.05) is 28.7 Å². The summed E-state index contributed by atoms with van der Waals surface area (Å²) in [7, 11) is 0. The number of hydrogen-bond acceptors (Lipinski definition) is 5. The molecular formula is C25H21F3N4O2. The van der Waals surface area contributed by atoms with Crippen molar-refractivity contribution in [1.29, 1.82) is 0 Å². The number of ether oxygens (including phenoxy) is 1. The van der Waals surface area contributed by atoms with Crippen LogP contribution in [0.1, 0.15) is 28.7 Å². The molecule has 0 saturated carbocycles. The minimum atomic E-state index is -4.41. The summed E-state index contributed by atoms with van der Waals surface area (Å²) in [6, 6.07) is 15.7. The summed E-state index contributed by atoms with van der Waals surface area (Å²) in [5, 5.41) is 2.93. The zero-order valence-electron chi connectivity index (χ0n) is 18.4. The summed E-state index contributed by atoms with van der Waals surface area (Å²) in [6.45, 7) is 3.80. The van der Waals surface area contributed by atoms with Crippen LogP contribution in [0.25, 0.3) is 22.4 Å². The SMILES string of the molecule is CCOC(=O)c1[nH]c(C)c(-c2ccnc(Nc3ccc(C(F)(F)F)cc3)n2)c1-c1ccccc1. The van der Waals surface area contributed by atoms with Gasteiger partial charge in [-0.05, 0) is 49.7 Å². The lowest BCUT2D eigenvalue weighted by Crippen LogP contribution is -2.06. The molecule has 6 nitrogen and oxygen atoms in total. The normalized spacial score (nSPS) is 11.3. The first-order valence-electron chi connectivity index (χ1n) is 10.5. The molecule has 174 valence electrons. The largest absolute Gasteiger partial charge is 0.461 e. The van der Waals surface area contributed by atoms with Crippen molar-refractivity contribution in [3.63, 3.8) is 0 Å². The van der Waals surface area contributed by atoms with Crippen LogP contribution < -0.4 is 5.32 Å². The van der Waals surface area contributed by atoms with Gasteiger partial charge in [-0.25, -0.2) is 14.8 Å². The number of alkyl halides is 3. The molecule has 0 aliphatic carbocycles. The molecule has 34 heavy (non-hydrogen) atoms. The minimum Gasteiger partial charge on any atom is -0.461 e. The van der Waals surface area contributed by atoms with E-state index in [1.54, 1.807) is 19.2 Å². The van der Waals surface area contributed by atoms with Crippen LogP contribution in [0.15, 0.2) is 66.9 Å². The second-order valence-corrected chi connectivity index (χ2v) is 7.43. The van der Waals surface area contributed by atoms with Gasteiger partial charge in [0.05, 0.1) is 17.9 Å². The number of nitrogens with zero attached hydrogens (tertiary/aromatic N) is 2. The summed E-state index contributed by atoms with van der Waals surface area (Å²) < 4.78 is 43.7. The second-order valence-electron chi connectivity index (χ2n) is 7.43. The lowest BCUT2D eigenvalue weighted by molar-refractivity contribution is -0.137. The van der Waals surface area contributed by atoms with Crippen LogP contribution in [0.5, 0.6) is 0 Å². The molecule has 0 unspecified atom stereocenters. The molecule has 0 atom stereocenters. The number of halogens is 3. The van der Waals surface area contributed by atoms with E-state index in [9.17, 15) is 18.0 Å². The third-order valence-electron chi connectivity index (χ3n) is 5.11. The number of esters is 1. The van der Waals surface area contributed by atoms with E-state index in [-0.39, 0.29) is 12.6 Å². The van der Waals surface area contributed by atoms with Crippen molar-refractivity contribution >= 4 is 17.6 Å². The van der Waals surface area contributed by atoms with Gasteiger partial charge in [-0.15, -0.1) is 0 Å². The van der Waals surface area contributed by atoms with Gasteiger partial charge in [0.25, 0.3) is 0 Å². The lowest BCUT2D eigenvalue weighted by atomic mass is 9.98. The third-order valence-corrected chi connectivity index (χ3v) is 5.11. The highest BCUT2D eigenvalue weighted by Gasteiger charge is 2.30. The fourth-order valence-electron chi connectivity index (χ4n) is 3.62. The van der Waals surface area contributed by atoms with Gasteiger partial charge >= 0.3 is 12.1 Å². The zero-order chi connectivity index (χ0) is 24.3. The highest BCUT2D eigenvalue weighted by Crippen LogP contribution is 2.38. The molecule has 0 fully saturated rings. The van der Waals surface area contributed by atoms with Crippen molar-refractivity contribution in [2.75, 3.05) is 11.9 Å². The number of carbonyl (C=O) groups excluding carboxylic acids is 1. The van der Waals surface area contributed by atoms with Gasteiger partial charge in [-0.3, -0.25) is 0 Å². The molecule has 0 aliphatic heterocycles. The molecule has 2 aromatic heterocycles. The number of carbonyl (C=O) groups is 1. The average molecular weight is 466 g/mol. The van der Waals surface area contributed by atoms with Crippen molar-refractivity contribution in [2.24, 2.45) is 0 Å². The van der Waals surface area contributed by atoms with Gasteiger partial charge in [0.15, 0.2) is 0 Å². The van der Waals surface area contributed by atoms with Crippen molar-refractivity contribution < 1.29 is 22.7 Å². The second kappa shape index (κ2) is 9.38. The lowest BCUT2D eigenvalue weighted by Gasteiger charge is -2.11. The van der Waals surface area contributed by atoms with Crippen molar-refractivity contribution in [3.05, 3.63) is 83.8 Å². The predicted molar refractivity (Wildman–Crippen MR) is 123 cm³/mol. The van der Waals surface area contributed by atoms with E-state index in [0.717, 1.165) is 17.7 Å². The highest BCUT2D eigenvalue weighted by molar-refractivity contribution is 6.01. The van der Waals surface area contributed by atoms with Crippen LogP contribution in [0.4, 0.5) is 24.8 Å². The molecule has 0 radical (unpaired) electrons. The van der Waals surface area contributed by atoms with E-state index in [1.807, 2.05) is 37.3 Å². The van der Waals surface area contributed by atoms with Crippen LogP contribution in [0.3, 0.4) is 0 Å². The molecule has 0 amide bonds. The highest BCUT2D eigenvalue weighted by atomic mass is 19.4. The summed E-state index contributed by atoms with van der Waals surface area (Å²) in [6.07, 6.45) is -2.87. The minimum absolute atomic E-state index is 0.203. The summed E-state index contributed by atoms with van der Waals surface area (Å²) in [4.78, 5) is 24.5. The maximum absolute atomic E-state index is 12.8. The smallest absolute Gasteiger partial charge is 0.416 e. The summed E-state index contributed by atoms with van der Waals surface area (Å²) >= 11 is 0. The number of rotatable bonds is 6. The summed E-state index contributed by atoms with van der Waals surface area (Å²) in [5.74, 6) is -0.276. The summed E-state index contributed by atoms with van der Waals surface area (Å²) in [5.41, 5.74) is 3.38. The molecule has 2 aromatic carbocycles. The number of nitrogens with one attached hydrogen (secondary N) is 2. The first-order chi connectivity index (χ1) is 16.3. The quantitative estimate of drug-likeness (QED) is 0.322. The molecular weight excluding hydrogens is 445 g/mol. The van der Waals surface area contributed by atoms with E-state index in [1.165, 1.54) is 12.1 Å². The third kappa shape index (κ3) is 4.78. The molecule has 0 bridgehead atoms.